The molecule has 0 fully saturated rings. The molecule has 146 valence electrons. The van der Waals surface area contributed by atoms with Gasteiger partial charge in [-0.15, -0.1) is 0 Å². The maximum Gasteiger partial charge on any atom is 0.293 e. The SMILES string of the molecule is CCCCCCCCCOc1ccc(/C=N\n2c(=O)cn[nH]c2=S)cc1Br. The van der Waals surface area contributed by atoms with Gasteiger partial charge in [0.1, 0.15) is 11.9 Å². The smallest absolute Gasteiger partial charge is 0.293 e. The first-order valence-corrected chi connectivity index (χ1v) is 10.5. The number of hydrogen-bond donors (Lipinski definition) is 1. The molecule has 8 heteroatoms. The van der Waals surface area contributed by atoms with Crippen LogP contribution in [-0.4, -0.2) is 27.7 Å². The Morgan fingerprint density at radius 3 is 2.70 bits per heavy atom. The third-order valence-corrected chi connectivity index (χ3v) is 4.90. The topological polar surface area (TPSA) is 72.3 Å². The highest BCUT2D eigenvalue weighted by molar-refractivity contribution is 9.10. The summed E-state index contributed by atoms with van der Waals surface area (Å²) in [5.74, 6) is 0.802. The van der Waals surface area contributed by atoms with Gasteiger partial charge in [-0.2, -0.15) is 14.9 Å². The van der Waals surface area contributed by atoms with E-state index < -0.39 is 0 Å². The Hall–Kier alpha value is -1.80. The fourth-order valence-electron chi connectivity index (χ4n) is 2.53. The molecule has 2 aromatic rings. The second-order valence-corrected chi connectivity index (χ2v) is 7.47. The molecule has 1 aromatic heterocycles. The summed E-state index contributed by atoms with van der Waals surface area (Å²) in [4.78, 5) is 11.7. The zero-order chi connectivity index (χ0) is 19.5. The van der Waals surface area contributed by atoms with Crippen LogP contribution in [0.3, 0.4) is 0 Å². The molecule has 1 N–H and O–H groups in total. The second kappa shape index (κ2) is 11.8. The lowest BCUT2D eigenvalue weighted by Gasteiger charge is -2.09. The molecule has 0 unspecified atom stereocenters. The molecule has 0 amide bonds. The van der Waals surface area contributed by atoms with Crippen molar-refractivity contribution in [2.45, 2.75) is 51.9 Å². The van der Waals surface area contributed by atoms with Gasteiger partial charge in [0.05, 0.1) is 17.3 Å². The van der Waals surface area contributed by atoms with Gasteiger partial charge in [-0.1, -0.05) is 45.4 Å². The minimum absolute atomic E-state index is 0.146. The summed E-state index contributed by atoms with van der Waals surface area (Å²) in [6, 6.07) is 5.67. The van der Waals surface area contributed by atoms with E-state index in [2.05, 4.69) is 38.2 Å². The van der Waals surface area contributed by atoms with Gasteiger partial charge in [0, 0.05) is 0 Å². The Bertz CT molecular complexity index is 835. The van der Waals surface area contributed by atoms with Gasteiger partial charge >= 0.3 is 0 Å². The number of ether oxygens (including phenoxy) is 1. The van der Waals surface area contributed by atoms with E-state index in [0.29, 0.717) is 6.61 Å². The molecule has 0 spiro atoms. The van der Waals surface area contributed by atoms with Crippen molar-refractivity contribution in [3.63, 3.8) is 0 Å². The van der Waals surface area contributed by atoms with Gasteiger partial charge in [-0.3, -0.25) is 9.89 Å². The van der Waals surface area contributed by atoms with E-state index in [1.54, 1.807) is 6.21 Å². The predicted molar refractivity (Wildman–Crippen MR) is 114 cm³/mol. The van der Waals surface area contributed by atoms with Crippen LogP contribution in [0.2, 0.25) is 0 Å². The quantitative estimate of drug-likeness (QED) is 0.293. The molecular weight excluding hydrogens is 428 g/mol. The van der Waals surface area contributed by atoms with Crippen molar-refractivity contribution in [1.82, 2.24) is 14.9 Å². The van der Waals surface area contributed by atoms with Crippen molar-refractivity contribution in [2.24, 2.45) is 5.10 Å². The Balaban J connectivity index is 1.84. The largest absolute Gasteiger partial charge is 0.492 e. The fraction of sp³-hybridized carbons (Fsp3) is 0.474. The number of H-pyrrole nitrogens is 1. The van der Waals surface area contributed by atoms with Crippen molar-refractivity contribution >= 4 is 34.4 Å². The summed E-state index contributed by atoms with van der Waals surface area (Å²) in [6.07, 6.45) is 11.5. The van der Waals surface area contributed by atoms with Crippen LogP contribution in [0.15, 0.2) is 38.8 Å². The Morgan fingerprint density at radius 2 is 2.00 bits per heavy atom. The third-order valence-electron chi connectivity index (χ3n) is 4.02. The van der Waals surface area contributed by atoms with Gasteiger partial charge in [-0.25, -0.2) is 0 Å². The van der Waals surface area contributed by atoms with Crippen molar-refractivity contribution < 1.29 is 4.74 Å². The number of benzene rings is 1. The summed E-state index contributed by atoms with van der Waals surface area (Å²) >= 11 is 8.52. The van der Waals surface area contributed by atoms with Gasteiger partial charge in [0.25, 0.3) is 5.56 Å². The summed E-state index contributed by atoms with van der Waals surface area (Å²) < 4.78 is 7.92. The highest BCUT2D eigenvalue weighted by Gasteiger charge is 2.03. The Labute approximate surface area is 172 Å². The first kappa shape index (κ1) is 21.5. The first-order chi connectivity index (χ1) is 13.1. The minimum Gasteiger partial charge on any atom is -0.492 e. The molecule has 0 radical (unpaired) electrons. The van der Waals surface area contributed by atoms with Crippen LogP contribution in [-0.2, 0) is 0 Å². The molecule has 1 aromatic carbocycles. The molecule has 0 aliphatic rings. The zero-order valence-electron chi connectivity index (χ0n) is 15.5. The fourth-order valence-corrected chi connectivity index (χ4v) is 3.24. The maximum absolute atomic E-state index is 11.7. The Morgan fingerprint density at radius 1 is 1.26 bits per heavy atom. The summed E-state index contributed by atoms with van der Waals surface area (Å²) in [5.41, 5.74) is 0.437. The average molecular weight is 453 g/mol. The van der Waals surface area contributed by atoms with Gasteiger partial charge in [-0.05, 0) is 58.3 Å². The highest BCUT2D eigenvalue weighted by Crippen LogP contribution is 2.25. The van der Waals surface area contributed by atoms with E-state index in [4.69, 9.17) is 17.0 Å². The standard InChI is InChI=1S/C19H25BrN4O2S/c1-2-3-4-5-6-7-8-11-26-17-10-9-15(12-16(17)20)13-22-24-18(25)14-21-23-19(24)27/h9-10,12-14H,2-8,11H2,1H3,(H,23,27)/b22-13-. The van der Waals surface area contributed by atoms with Crippen LogP contribution >= 0.6 is 28.1 Å². The summed E-state index contributed by atoms with van der Waals surface area (Å²) in [6.45, 7) is 2.94. The second-order valence-electron chi connectivity index (χ2n) is 6.23. The predicted octanol–water partition coefficient (Wildman–Crippen LogP) is 5.07. The number of rotatable bonds is 11. The molecule has 1 heterocycles. The molecule has 0 aliphatic carbocycles. The lowest BCUT2D eigenvalue weighted by molar-refractivity contribution is 0.302. The molecule has 0 atom stereocenters. The van der Waals surface area contributed by atoms with E-state index in [9.17, 15) is 4.79 Å². The zero-order valence-corrected chi connectivity index (χ0v) is 17.9. The lowest BCUT2D eigenvalue weighted by Crippen LogP contribution is -2.18. The van der Waals surface area contributed by atoms with Crippen LogP contribution in [0.1, 0.15) is 57.4 Å². The van der Waals surface area contributed by atoms with Gasteiger partial charge in [0.15, 0.2) is 0 Å². The number of unbranched alkanes of at least 4 members (excludes halogenated alkanes) is 6. The van der Waals surface area contributed by atoms with E-state index in [0.717, 1.165) is 33.1 Å². The average Bonchev–Trinajstić information content (AvgIpc) is 2.65. The molecule has 6 nitrogen and oxygen atoms in total. The van der Waals surface area contributed by atoms with E-state index in [-0.39, 0.29) is 10.3 Å². The number of halogens is 1. The maximum atomic E-state index is 11.7. The summed E-state index contributed by atoms with van der Waals surface area (Å²) in [5, 5.41) is 10.3. The number of aromatic amines is 1. The molecular formula is C19H25BrN4O2S. The van der Waals surface area contributed by atoms with Crippen LogP contribution in [0.4, 0.5) is 0 Å². The number of hydrogen-bond acceptors (Lipinski definition) is 5. The first-order valence-electron chi connectivity index (χ1n) is 9.25. The van der Waals surface area contributed by atoms with E-state index >= 15 is 0 Å². The molecule has 0 bridgehead atoms. The number of nitrogens with one attached hydrogen (secondary N) is 1. The molecule has 0 aliphatic heterocycles. The molecule has 0 saturated carbocycles. The van der Waals surface area contributed by atoms with Gasteiger partial charge < -0.3 is 4.74 Å². The van der Waals surface area contributed by atoms with Gasteiger partial charge in [0.2, 0.25) is 4.77 Å². The van der Waals surface area contributed by atoms with E-state index in [1.165, 1.54) is 38.5 Å². The van der Waals surface area contributed by atoms with Crippen molar-refractivity contribution in [2.75, 3.05) is 6.61 Å². The molecule has 2 rings (SSSR count). The van der Waals surface area contributed by atoms with Crippen molar-refractivity contribution in [1.29, 1.82) is 0 Å². The third kappa shape index (κ3) is 7.38. The Kier molecular flexibility index (Phi) is 9.41. The van der Waals surface area contributed by atoms with Crippen LogP contribution in [0, 0.1) is 4.77 Å². The molecule has 27 heavy (non-hydrogen) atoms. The normalized spacial score (nSPS) is 11.2. The van der Waals surface area contributed by atoms with Crippen LogP contribution in [0.5, 0.6) is 5.75 Å². The minimum atomic E-state index is -0.385. The van der Waals surface area contributed by atoms with Crippen molar-refractivity contribution in [3.8, 4) is 5.75 Å². The highest BCUT2D eigenvalue weighted by atomic mass is 79.9. The summed E-state index contributed by atoms with van der Waals surface area (Å²) in [7, 11) is 0. The van der Waals surface area contributed by atoms with Crippen LogP contribution in [0.25, 0.3) is 0 Å². The monoisotopic (exact) mass is 452 g/mol. The van der Waals surface area contributed by atoms with E-state index in [1.807, 2.05) is 18.2 Å². The van der Waals surface area contributed by atoms with Crippen molar-refractivity contribution in [3.05, 3.63) is 49.6 Å². The molecule has 0 saturated heterocycles. The number of aromatic nitrogens is 3. The lowest BCUT2D eigenvalue weighted by atomic mass is 10.1. The van der Waals surface area contributed by atoms with Crippen LogP contribution < -0.4 is 10.3 Å². The number of nitrogens with zero attached hydrogens (tertiary/aromatic N) is 3.